The Balaban J connectivity index is 2.07. The number of nitrogens with one attached hydrogen (secondary N) is 1. The van der Waals surface area contributed by atoms with Gasteiger partial charge in [-0.2, -0.15) is 0 Å². The van der Waals surface area contributed by atoms with Gasteiger partial charge in [0.2, 0.25) is 21.8 Å². The third kappa shape index (κ3) is 8.69. The minimum atomic E-state index is -3.98. The van der Waals surface area contributed by atoms with Crippen molar-refractivity contribution in [2.45, 2.75) is 38.8 Å². The van der Waals surface area contributed by atoms with Crippen LogP contribution in [0, 0.1) is 5.82 Å². The average molecular weight is 600 g/mol. The van der Waals surface area contributed by atoms with E-state index >= 15 is 0 Å². The summed E-state index contributed by atoms with van der Waals surface area (Å²) < 4.78 is 52.3. The first-order valence-corrected chi connectivity index (χ1v) is 15.5. The smallest absolute Gasteiger partial charge is 0.244 e. The zero-order valence-corrected chi connectivity index (χ0v) is 25.2. The zero-order valence-electron chi connectivity index (χ0n) is 24.4. The molecule has 1 N–H and O–H groups in total. The maximum absolute atomic E-state index is 14.9. The number of methoxy groups -OCH3 is 2. The second-order valence-corrected chi connectivity index (χ2v) is 11.7. The Morgan fingerprint density at radius 2 is 1.62 bits per heavy atom. The van der Waals surface area contributed by atoms with Crippen molar-refractivity contribution in [3.05, 3.63) is 89.7 Å². The van der Waals surface area contributed by atoms with Crippen LogP contribution < -0.4 is 19.1 Å². The van der Waals surface area contributed by atoms with Gasteiger partial charge in [-0.1, -0.05) is 61.9 Å². The van der Waals surface area contributed by atoms with Crippen LogP contribution in [0.3, 0.4) is 0 Å². The zero-order chi connectivity index (χ0) is 30.7. The maximum Gasteiger partial charge on any atom is 0.244 e. The molecule has 11 heteroatoms. The Morgan fingerprint density at radius 3 is 2.24 bits per heavy atom. The number of carbonyl (C=O) groups excluding carboxylic acids is 2. The van der Waals surface area contributed by atoms with Crippen molar-refractivity contribution in [1.82, 2.24) is 10.2 Å². The quantitative estimate of drug-likeness (QED) is 0.263. The monoisotopic (exact) mass is 599 g/mol. The molecule has 1 unspecified atom stereocenters. The summed E-state index contributed by atoms with van der Waals surface area (Å²) in [5.41, 5.74) is 1.16. The summed E-state index contributed by atoms with van der Waals surface area (Å²) in [5.74, 6) is -0.968. The summed E-state index contributed by atoms with van der Waals surface area (Å²) in [7, 11) is -1.11. The second-order valence-electron chi connectivity index (χ2n) is 9.77. The lowest BCUT2D eigenvalue weighted by molar-refractivity contribution is -0.140. The number of benzene rings is 3. The first kappa shape index (κ1) is 32.4. The van der Waals surface area contributed by atoms with Gasteiger partial charge in [-0.25, -0.2) is 12.8 Å². The van der Waals surface area contributed by atoms with E-state index in [9.17, 15) is 22.4 Å². The van der Waals surface area contributed by atoms with E-state index in [2.05, 4.69) is 5.32 Å². The maximum atomic E-state index is 14.9. The lowest BCUT2D eigenvalue weighted by Crippen LogP contribution is -2.53. The van der Waals surface area contributed by atoms with Gasteiger partial charge < -0.3 is 19.7 Å². The predicted octanol–water partition coefficient (Wildman–Crippen LogP) is 4.17. The van der Waals surface area contributed by atoms with Crippen molar-refractivity contribution in [3.8, 4) is 11.5 Å². The standard InChI is InChI=1S/C31H38FN3O6S/c1-5-6-18-33-31(37)27(19-23-12-8-7-9-13-23)34(21-24-14-10-11-15-26(24)32)30(36)22-35(42(4,38)39)25-16-17-28(40-2)29(20-25)41-3/h7-17,20,27H,5-6,18-19,21-22H2,1-4H3,(H,33,37). The lowest BCUT2D eigenvalue weighted by atomic mass is 10.0. The summed E-state index contributed by atoms with van der Waals surface area (Å²) in [6.07, 6.45) is 2.73. The second kappa shape index (κ2) is 15.2. The molecule has 3 aromatic carbocycles. The van der Waals surface area contributed by atoms with Crippen LogP contribution in [-0.2, 0) is 32.6 Å². The molecule has 3 aromatic rings. The van der Waals surface area contributed by atoms with E-state index in [0.29, 0.717) is 12.3 Å². The van der Waals surface area contributed by atoms with Crippen LogP contribution in [0.1, 0.15) is 30.9 Å². The van der Waals surface area contributed by atoms with Crippen molar-refractivity contribution in [1.29, 1.82) is 0 Å². The van der Waals surface area contributed by atoms with Crippen LogP contribution in [0.5, 0.6) is 11.5 Å². The highest BCUT2D eigenvalue weighted by atomic mass is 32.2. The number of sulfonamides is 1. The molecule has 0 radical (unpaired) electrons. The van der Waals surface area contributed by atoms with Gasteiger partial charge in [0.15, 0.2) is 11.5 Å². The Labute approximate surface area is 247 Å². The van der Waals surface area contributed by atoms with Crippen LogP contribution in [-0.4, -0.2) is 64.7 Å². The van der Waals surface area contributed by atoms with Crippen LogP contribution in [0.25, 0.3) is 0 Å². The molecular weight excluding hydrogens is 561 g/mol. The van der Waals surface area contributed by atoms with E-state index in [1.54, 1.807) is 6.07 Å². The minimum Gasteiger partial charge on any atom is -0.493 e. The highest BCUT2D eigenvalue weighted by molar-refractivity contribution is 7.92. The van der Waals surface area contributed by atoms with Gasteiger partial charge in [-0.05, 0) is 30.2 Å². The predicted molar refractivity (Wildman–Crippen MR) is 161 cm³/mol. The van der Waals surface area contributed by atoms with E-state index < -0.39 is 40.2 Å². The number of amides is 2. The molecule has 42 heavy (non-hydrogen) atoms. The van der Waals surface area contributed by atoms with E-state index in [4.69, 9.17) is 9.47 Å². The molecule has 0 saturated heterocycles. The molecule has 0 aromatic heterocycles. The van der Waals surface area contributed by atoms with Gasteiger partial charge in [0.1, 0.15) is 18.4 Å². The third-order valence-corrected chi connectivity index (χ3v) is 7.87. The van der Waals surface area contributed by atoms with Crippen molar-refractivity contribution in [2.75, 3.05) is 37.9 Å². The first-order valence-electron chi connectivity index (χ1n) is 13.6. The summed E-state index contributed by atoms with van der Waals surface area (Å²) >= 11 is 0. The molecule has 0 spiro atoms. The number of nitrogens with zero attached hydrogens (tertiary/aromatic N) is 2. The van der Waals surface area contributed by atoms with Gasteiger partial charge in [-0.15, -0.1) is 0 Å². The average Bonchev–Trinajstić information content (AvgIpc) is 2.98. The number of anilines is 1. The molecule has 226 valence electrons. The topological polar surface area (TPSA) is 105 Å². The van der Waals surface area contributed by atoms with Crippen LogP contribution in [0.2, 0.25) is 0 Å². The number of hydrogen-bond acceptors (Lipinski definition) is 6. The Kier molecular flexibility index (Phi) is 11.7. The third-order valence-electron chi connectivity index (χ3n) is 6.73. The normalized spacial score (nSPS) is 11.8. The Hall–Kier alpha value is -4.12. The number of unbranched alkanes of at least 4 members (excludes halogenated alkanes) is 1. The molecule has 9 nitrogen and oxygen atoms in total. The van der Waals surface area contributed by atoms with E-state index in [0.717, 1.165) is 29.0 Å². The number of ether oxygens (including phenoxy) is 2. The molecule has 0 bridgehead atoms. The number of carbonyl (C=O) groups is 2. The van der Waals surface area contributed by atoms with Gasteiger partial charge >= 0.3 is 0 Å². The highest BCUT2D eigenvalue weighted by Gasteiger charge is 2.33. The molecule has 3 rings (SSSR count). The molecule has 0 aliphatic carbocycles. The van der Waals surface area contributed by atoms with E-state index in [1.165, 1.54) is 55.5 Å². The summed E-state index contributed by atoms with van der Waals surface area (Å²) in [6.45, 7) is 1.53. The fraction of sp³-hybridized carbons (Fsp3) is 0.355. The lowest BCUT2D eigenvalue weighted by Gasteiger charge is -2.33. The molecule has 0 saturated carbocycles. The largest absolute Gasteiger partial charge is 0.493 e. The minimum absolute atomic E-state index is 0.147. The van der Waals surface area contributed by atoms with Crippen molar-refractivity contribution in [3.63, 3.8) is 0 Å². The van der Waals surface area contributed by atoms with Gasteiger partial charge in [0.05, 0.1) is 26.2 Å². The molecule has 0 aliphatic heterocycles. The van der Waals surface area contributed by atoms with E-state index in [-0.39, 0.29) is 30.0 Å². The fourth-order valence-electron chi connectivity index (χ4n) is 4.46. The van der Waals surface area contributed by atoms with Crippen molar-refractivity contribution < 1.29 is 31.9 Å². The van der Waals surface area contributed by atoms with E-state index in [1.807, 2.05) is 37.3 Å². The number of hydrogen-bond donors (Lipinski definition) is 1. The molecule has 1 atom stereocenters. The summed E-state index contributed by atoms with van der Waals surface area (Å²) in [4.78, 5) is 28.9. The van der Waals surface area contributed by atoms with Crippen molar-refractivity contribution >= 4 is 27.5 Å². The van der Waals surface area contributed by atoms with Gasteiger partial charge in [0.25, 0.3) is 0 Å². The Morgan fingerprint density at radius 1 is 0.952 bits per heavy atom. The highest BCUT2D eigenvalue weighted by Crippen LogP contribution is 2.32. The van der Waals surface area contributed by atoms with Crippen LogP contribution in [0.4, 0.5) is 10.1 Å². The molecule has 0 fully saturated rings. The molecule has 0 aliphatic rings. The number of rotatable bonds is 15. The fourth-order valence-corrected chi connectivity index (χ4v) is 5.31. The molecule has 0 heterocycles. The SMILES string of the molecule is CCCCNC(=O)C(Cc1ccccc1)N(Cc1ccccc1F)C(=O)CN(c1ccc(OC)c(OC)c1)S(C)(=O)=O. The van der Waals surface area contributed by atoms with Gasteiger partial charge in [0, 0.05) is 31.1 Å². The molecule has 2 amide bonds. The summed E-state index contributed by atoms with van der Waals surface area (Å²) in [6, 6.07) is 18.6. The van der Waals surface area contributed by atoms with Crippen LogP contribution in [0.15, 0.2) is 72.8 Å². The van der Waals surface area contributed by atoms with Crippen LogP contribution >= 0.6 is 0 Å². The van der Waals surface area contributed by atoms with Crippen molar-refractivity contribution in [2.24, 2.45) is 0 Å². The Bertz CT molecular complexity index is 1450. The molecular formula is C31H38FN3O6S. The van der Waals surface area contributed by atoms with Gasteiger partial charge in [-0.3, -0.25) is 13.9 Å². The summed E-state index contributed by atoms with van der Waals surface area (Å²) in [5, 5.41) is 2.89. The number of halogens is 1. The first-order chi connectivity index (χ1) is 20.1.